The molecule has 0 radical (unpaired) electrons. The summed E-state index contributed by atoms with van der Waals surface area (Å²) in [7, 11) is 1.85. The van der Waals surface area contributed by atoms with Crippen molar-refractivity contribution in [1.29, 1.82) is 0 Å². The van der Waals surface area contributed by atoms with Crippen LogP contribution < -0.4 is 5.32 Å². The van der Waals surface area contributed by atoms with E-state index in [0.29, 0.717) is 12.1 Å². The van der Waals surface area contributed by atoms with Gasteiger partial charge in [0.05, 0.1) is 11.4 Å². The second-order valence-corrected chi connectivity index (χ2v) is 4.14. The van der Waals surface area contributed by atoms with E-state index in [-0.39, 0.29) is 5.91 Å². The molecule has 5 heteroatoms. The molecular weight excluding hydrogens is 216 g/mol. The van der Waals surface area contributed by atoms with Crippen molar-refractivity contribution >= 4 is 22.6 Å². The first-order valence-corrected chi connectivity index (χ1v) is 5.71. The molecule has 17 heavy (non-hydrogen) atoms. The minimum Gasteiger partial charge on any atom is -0.324 e. The molecule has 0 aliphatic heterocycles. The molecule has 0 spiro atoms. The topological polar surface area (TPSA) is 59.8 Å². The van der Waals surface area contributed by atoms with Crippen LogP contribution in [0.4, 0.5) is 5.69 Å². The van der Waals surface area contributed by atoms with Crippen molar-refractivity contribution in [2.45, 2.75) is 26.7 Å². The third-order valence-corrected chi connectivity index (χ3v) is 2.55. The van der Waals surface area contributed by atoms with Crippen LogP contribution in [0, 0.1) is 6.92 Å². The average Bonchev–Trinajstić information content (AvgIpc) is 2.58. The highest BCUT2D eigenvalue weighted by Gasteiger charge is 2.08. The largest absolute Gasteiger partial charge is 0.324 e. The number of pyridine rings is 1. The molecule has 2 rings (SSSR count). The normalized spacial score (nSPS) is 10.8. The molecule has 2 aromatic rings. The van der Waals surface area contributed by atoms with Crippen LogP contribution in [0.1, 0.15) is 25.5 Å². The Labute approximate surface area is 99.8 Å². The fourth-order valence-electron chi connectivity index (χ4n) is 1.73. The average molecular weight is 232 g/mol. The maximum atomic E-state index is 11.5. The molecule has 1 N–H and O–H groups in total. The molecule has 0 aliphatic rings. The van der Waals surface area contributed by atoms with Crippen molar-refractivity contribution in [3.8, 4) is 0 Å². The molecule has 0 saturated carbocycles. The van der Waals surface area contributed by atoms with Crippen LogP contribution in [-0.2, 0) is 11.8 Å². The molecule has 0 aliphatic carbocycles. The summed E-state index contributed by atoms with van der Waals surface area (Å²) in [6, 6.07) is 1.91. The lowest BCUT2D eigenvalue weighted by atomic mass is 10.2. The third-order valence-electron chi connectivity index (χ3n) is 2.55. The standard InChI is InChI=1S/C12H16N4O/c1-4-5-11(17)14-10-6-9-7-16(3)15-12(9)13-8(10)2/h6-7H,4-5H2,1-3H3,(H,14,17). The summed E-state index contributed by atoms with van der Waals surface area (Å²) in [4.78, 5) is 15.9. The summed E-state index contributed by atoms with van der Waals surface area (Å²) in [6.45, 7) is 3.85. The fraction of sp³-hybridized carbons (Fsp3) is 0.417. The van der Waals surface area contributed by atoms with Gasteiger partial charge in [-0.05, 0) is 19.4 Å². The fourth-order valence-corrected chi connectivity index (χ4v) is 1.73. The molecule has 0 fully saturated rings. The van der Waals surface area contributed by atoms with E-state index in [4.69, 9.17) is 0 Å². The van der Waals surface area contributed by atoms with Crippen molar-refractivity contribution in [1.82, 2.24) is 14.8 Å². The Morgan fingerprint density at radius 2 is 2.29 bits per heavy atom. The Hall–Kier alpha value is -1.91. The van der Waals surface area contributed by atoms with Crippen LogP contribution in [0.3, 0.4) is 0 Å². The van der Waals surface area contributed by atoms with Gasteiger partial charge in [-0.2, -0.15) is 5.10 Å². The number of aryl methyl sites for hydroxylation is 2. The van der Waals surface area contributed by atoms with Gasteiger partial charge in [0.2, 0.25) is 5.91 Å². The molecule has 0 saturated heterocycles. The smallest absolute Gasteiger partial charge is 0.224 e. The zero-order valence-electron chi connectivity index (χ0n) is 10.3. The lowest BCUT2D eigenvalue weighted by Gasteiger charge is -2.06. The molecule has 0 atom stereocenters. The Morgan fingerprint density at radius 3 is 3.00 bits per heavy atom. The Kier molecular flexibility index (Phi) is 3.08. The number of carbonyl (C=O) groups is 1. The minimum absolute atomic E-state index is 0.0284. The lowest BCUT2D eigenvalue weighted by molar-refractivity contribution is -0.116. The summed E-state index contributed by atoms with van der Waals surface area (Å²) < 4.78 is 1.72. The summed E-state index contributed by atoms with van der Waals surface area (Å²) >= 11 is 0. The second kappa shape index (κ2) is 4.53. The molecule has 0 unspecified atom stereocenters. The van der Waals surface area contributed by atoms with E-state index in [1.54, 1.807) is 4.68 Å². The van der Waals surface area contributed by atoms with Gasteiger partial charge in [0.1, 0.15) is 0 Å². The predicted molar refractivity (Wildman–Crippen MR) is 66.8 cm³/mol. The molecule has 5 nitrogen and oxygen atoms in total. The van der Waals surface area contributed by atoms with Gasteiger partial charge in [-0.15, -0.1) is 0 Å². The first kappa shape index (κ1) is 11.6. The van der Waals surface area contributed by atoms with E-state index < -0.39 is 0 Å². The maximum Gasteiger partial charge on any atom is 0.224 e. The predicted octanol–water partition coefficient (Wildman–Crippen LogP) is 2.02. The van der Waals surface area contributed by atoms with Crippen LogP contribution in [0.5, 0.6) is 0 Å². The van der Waals surface area contributed by atoms with Gasteiger partial charge >= 0.3 is 0 Å². The first-order valence-electron chi connectivity index (χ1n) is 5.71. The van der Waals surface area contributed by atoms with Gasteiger partial charge in [-0.1, -0.05) is 6.92 Å². The van der Waals surface area contributed by atoms with Crippen LogP contribution in [0.15, 0.2) is 12.3 Å². The zero-order chi connectivity index (χ0) is 12.4. The van der Waals surface area contributed by atoms with E-state index in [9.17, 15) is 4.79 Å². The van der Waals surface area contributed by atoms with E-state index in [1.807, 2.05) is 33.2 Å². The van der Waals surface area contributed by atoms with Crippen LogP contribution >= 0.6 is 0 Å². The molecule has 0 aromatic carbocycles. The Bertz CT molecular complexity index is 559. The quantitative estimate of drug-likeness (QED) is 0.880. The number of nitrogens with zero attached hydrogens (tertiary/aromatic N) is 3. The van der Waals surface area contributed by atoms with Crippen molar-refractivity contribution in [3.63, 3.8) is 0 Å². The Balaban J connectivity index is 2.33. The number of hydrogen-bond acceptors (Lipinski definition) is 3. The number of fused-ring (bicyclic) bond motifs is 1. The third kappa shape index (κ3) is 2.43. The van der Waals surface area contributed by atoms with Gasteiger partial charge in [0.15, 0.2) is 5.65 Å². The molecule has 90 valence electrons. The summed E-state index contributed by atoms with van der Waals surface area (Å²) in [5, 5.41) is 8.03. The molecule has 0 bridgehead atoms. The van der Waals surface area contributed by atoms with Crippen LogP contribution in [0.25, 0.3) is 11.0 Å². The highest BCUT2D eigenvalue weighted by atomic mass is 16.1. The van der Waals surface area contributed by atoms with Gasteiger partial charge in [-0.3, -0.25) is 9.48 Å². The second-order valence-electron chi connectivity index (χ2n) is 4.14. The number of amides is 1. The van der Waals surface area contributed by atoms with Gasteiger partial charge in [0, 0.05) is 25.1 Å². The lowest BCUT2D eigenvalue weighted by Crippen LogP contribution is -2.12. The number of carbonyl (C=O) groups excluding carboxylic acids is 1. The first-order chi connectivity index (χ1) is 8.10. The van der Waals surface area contributed by atoms with Gasteiger partial charge < -0.3 is 5.32 Å². The number of nitrogens with one attached hydrogen (secondary N) is 1. The van der Waals surface area contributed by atoms with Crippen molar-refractivity contribution in [2.75, 3.05) is 5.32 Å². The highest BCUT2D eigenvalue weighted by molar-refractivity contribution is 5.93. The molecule has 1 amide bonds. The zero-order valence-corrected chi connectivity index (χ0v) is 10.3. The van der Waals surface area contributed by atoms with E-state index in [0.717, 1.165) is 23.2 Å². The van der Waals surface area contributed by atoms with E-state index in [1.165, 1.54) is 0 Å². The van der Waals surface area contributed by atoms with Gasteiger partial charge in [-0.25, -0.2) is 4.98 Å². The molecular formula is C12H16N4O. The maximum absolute atomic E-state index is 11.5. The van der Waals surface area contributed by atoms with Crippen molar-refractivity contribution < 1.29 is 4.79 Å². The summed E-state index contributed by atoms with van der Waals surface area (Å²) in [5.41, 5.74) is 2.27. The van der Waals surface area contributed by atoms with Crippen molar-refractivity contribution in [3.05, 3.63) is 18.0 Å². The van der Waals surface area contributed by atoms with Crippen molar-refractivity contribution in [2.24, 2.45) is 7.05 Å². The highest BCUT2D eigenvalue weighted by Crippen LogP contribution is 2.19. The molecule has 2 aromatic heterocycles. The number of anilines is 1. The van der Waals surface area contributed by atoms with Crippen LogP contribution in [0.2, 0.25) is 0 Å². The van der Waals surface area contributed by atoms with Crippen LogP contribution in [-0.4, -0.2) is 20.7 Å². The van der Waals surface area contributed by atoms with Gasteiger partial charge in [0.25, 0.3) is 0 Å². The SMILES string of the molecule is CCCC(=O)Nc1cc2cn(C)nc2nc1C. The number of hydrogen-bond donors (Lipinski definition) is 1. The number of rotatable bonds is 3. The Morgan fingerprint density at radius 1 is 1.53 bits per heavy atom. The number of aromatic nitrogens is 3. The molecule has 2 heterocycles. The summed E-state index contributed by atoms with van der Waals surface area (Å²) in [5.74, 6) is 0.0284. The summed E-state index contributed by atoms with van der Waals surface area (Å²) in [6.07, 6.45) is 3.26. The van der Waals surface area contributed by atoms with E-state index >= 15 is 0 Å². The van der Waals surface area contributed by atoms with E-state index in [2.05, 4.69) is 15.4 Å². The monoisotopic (exact) mass is 232 g/mol. The minimum atomic E-state index is 0.0284.